The Kier molecular flexibility index (Phi) is 3.04. The number of nitrogens with zero attached hydrogens (tertiary/aromatic N) is 2. The molecule has 1 aliphatic carbocycles. The van der Waals surface area contributed by atoms with Gasteiger partial charge in [0.15, 0.2) is 0 Å². The SMILES string of the molecule is COC1C[C@@H]2CN(C(=O)c3cccnc3)C[C@@H]2C1. The van der Waals surface area contributed by atoms with Crippen molar-refractivity contribution in [1.82, 2.24) is 9.88 Å². The van der Waals surface area contributed by atoms with Gasteiger partial charge in [-0.2, -0.15) is 0 Å². The Morgan fingerprint density at radius 2 is 2.11 bits per heavy atom. The van der Waals surface area contributed by atoms with Crippen LogP contribution in [-0.4, -0.2) is 42.1 Å². The van der Waals surface area contributed by atoms with Gasteiger partial charge in [0.05, 0.1) is 11.7 Å². The van der Waals surface area contributed by atoms with Crippen LogP contribution in [0.1, 0.15) is 23.2 Å². The Morgan fingerprint density at radius 1 is 1.39 bits per heavy atom. The van der Waals surface area contributed by atoms with Gasteiger partial charge in [-0.25, -0.2) is 0 Å². The molecule has 0 spiro atoms. The van der Waals surface area contributed by atoms with Gasteiger partial charge in [0, 0.05) is 32.6 Å². The second-order valence-corrected chi connectivity index (χ2v) is 5.30. The fraction of sp³-hybridized carbons (Fsp3) is 0.571. The first-order chi connectivity index (χ1) is 8.78. The summed E-state index contributed by atoms with van der Waals surface area (Å²) in [6, 6.07) is 3.65. The van der Waals surface area contributed by atoms with Gasteiger partial charge in [-0.3, -0.25) is 9.78 Å². The van der Waals surface area contributed by atoms with Gasteiger partial charge >= 0.3 is 0 Å². The number of hydrogen-bond donors (Lipinski definition) is 0. The van der Waals surface area contributed by atoms with Gasteiger partial charge in [-0.15, -0.1) is 0 Å². The van der Waals surface area contributed by atoms with E-state index in [1.54, 1.807) is 19.5 Å². The summed E-state index contributed by atoms with van der Waals surface area (Å²) >= 11 is 0. The highest BCUT2D eigenvalue weighted by atomic mass is 16.5. The number of pyridine rings is 1. The van der Waals surface area contributed by atoms with Gasteiger partial charge < -0.3 is 9.64 Å². The van der Waals surface area contributed by atoms with E-state index >= 15 is 0 Å². The quantitative estimate of drug-likeness (QED) is 0.795. The summed E-state index contributed by atoms with van der Waals surface area (Å²) in [7, 11) is 1.78. The number of amides is 1. The standard InChI is InChI=1S/C14H18N2O2/c1-18-13-5-11-8-16(9-12(11)6-13)14(17)10-3-2-4-15-7-10/h2-4,7,11-13H,5-6,8-9H2,1H3/t11-,12+,13?. The molecule has 0 bridgehead atoms. The number of methoxy groups -OCH3 is 1. The molecule has 1 aliphatic heterocycles. The van der Waals surface area contributed by atoms with Crippen molar-refractivity contribution < 1.29 is 9.53 Å². The van der Waals surface area contributed by atoms with E-state index in [-0.39, 0.29) is 5.91 Å². The third kappa shape index (κ3) is 2.01. The van der Waals surface area contributed by atoms with Crippen molar-refractivity contribution in [3.8, 4) is 0 Å². The van der Waals surface area contributed by atoms with E-state index in [2.05, 4.69) is 4.98 Å². The minimum absolute atomic E-state index is 0.117. The lowest BCUT2D eigenvalue weighted by Crippen LogP contribution is -2.30. The van der Waals surface area contributed by atoms with Gasteiger partial charge in [-0.05, 0) is 36.8 Å². The third-order valence-corrected chi connectivity index (χ3v) is 4.24. The molecule has 0 radical (unpaired) electrons. The second kappa shape index (κ2) is 4.69. The van der Waals surface area contributed by atoms with Crippen molar-refractivity contribution in [3.05, 3.63) is 30.1 Å². The van der Waals surface area contributed by atoms with Crippen molar-refractivity contribution in [3.63, 3.8) is 0 Å². The highest BCUT2D eigenvalue weighted by Crippen LogP contribution is 2.39. The van der Waals surface area contributed by atoms with Gasteiger partial charge in [-0.1, -0.05) is 0 Å². The summed E-state index contributed by atoms with van der Waals surface area (Å²) in [4.78, 5) is 18.3. The maximum atomic E-state index is 12.3. The minimum atomic E-state index is 0.117. The van der Waals surface area contributed by atoms with E-state index in [4.69, 9.17) is 4.74 Å². The predicted molar refractivity (Wildman–Crippen MR) is 67.2 cm³/mol. The summed E-state index contributed by atoms with van der Waals surface area (Å²) in [5.74, 6) is 1.36. The number of carbonyl (C=O) groups excluding carboxylic acids is 1. The number of rotatable bonds is 2. The van der Waals surface area contributed by atoms with Crippen LogP contribution in [0.15, 0.2) is 24.5 Å². The van der Waals surface area contributed by atoms with E-state index in [0.29, 0.717) is 23.5 Å². The van der Waals surface area contributed by atoms with Crippen molar-refractivity contribution in [2.45, 2.75) is 18.9 Å². The summed E-state index contributed by atoms with van der Waals surface area (Å²) in [6.45, 7) is 1.75. The number of ether oxygens (including phenoxy) is 1. The van der Waals surface area contributed by atoms with Gasteiger partial charge in [0.1, 0.15) is 0 Å². The molecule has 1 unspecified atom stereocenters. The number of likely N-dealkylation sites (tertiary alicyclic amines) is 1. The molecule has 2 fully saturated rings. The molecule has 0 N–H and O–H groups in total. The maximum Gasteiger partial charge on any atom is 0.255 e. The monoisotopic (exact) mass is 246 g/mol. The van der Waals surface area contributed by atoms with Gasteiger partial charge in [0.25, 0.3) is 5.91 Å². The van der Waals surface area contributed by atoms with E-state index in [0.717, 1.165) is 25.9 Å². The van der Waals surface area contributed by atoms with Crippen LogP contribution in [0.5, 0.6) is 0 Å². The Balaban J connectivity index is 1.66. The zero-order valence-corrected chi connectivity index (χ0v) is 10.6. The highest BCUT2D eigenvalue weighted by Gasteiger charge is 2.42. The number of aromatic nitrogens is 1. The average Bonchev–Trinajstić information content (AvgIpc) is 2.96. The molecule has 4 heteroatoms. The molecule has 1 saturated carbocycles. The molecule has 2 heterocycles. The molecule has 3 rings (SSSR count). The Labute approximate surface area is 107 Å². The van der Waals surface area contributed by atoms with E-state index in [1.807, 2.05) is 17.0 Å². The Bertz CT molecular complexity index is 421. The zero-order chi connectivity index (χ0) is 12.5. The maximum absolute atomic E-state index is 12.3. The smallest absolute Gasteiger partial charge is 0.255 e. The Hall–Kier alpha value is -1.42. The van der Waals surface area contributed by atoms with Crippen molar-refractivity contribution in [1.29, 1.82) is 0 Å². The van der Waals surface area contributed by atoms with Crippen LogP contribution in [0.2, 0.25) is 0 Å². The van der Waals surface area contributed by atoms with Crippen LogP contribution >= 0.6 is 0 Å². The largest absolute Gasteiger partial charge is 0.381 e. The molecule has 0 aromatic carbocycles. The lowest BCUT2D eigenvalue weighted by molar-refractivity contribution is 0.0731. The van der Waals surface area contributed by atoms with E-state index in [9.17, 15) is 4.79 Å². The fourth-order valence-electron chi connectivity index (χ4n) is 3.27. The predicted octanol–water partition coefficient (Wildman–Crippen LogP) is 1.58. The normalized spacial score (nSPS) is 30.5. The van der Waals surface area contributed by atoms with Crippen LogP contribution in [0.4, 0.5) is 0 Å². The van der Waals surface area contributed by atoms with Crippen LogP contribution < -0.4 is 0 Å². The van der Waals surface area contributed by atoms with E-state index < -0.39 is 0 Å². The average molecular weight is 246 g/mol. The number of fused-ring (bicyclic) bond motifs is 1. The number of hydrogen-bond acceptors (Lipinski definition) is 3. The van der Waals surface area contributed by atoms with Gasteiger partial charge in [0.2, 0.25) is 0 Å². The van der Waals surface area contributed by atoms with Crippen LogP contribution in [0.3, 0.4) is 0 Å². The molecule has 1 aromatic rings. The first kappa shape index (κ1) is 11.7. The van der Waals surface area contributed by atoms with Crippen LogP contribution in [0.25, 0.3) is 0 Å². The fourth-order valence-corrected chi connectivity index (χ4v) is 3.27. The Morgan fingerprint density at radius 3 is 2.67 bits per heavy atom. The van der Waals surface area contributed by atoms with Crippen molar-refractivity contribution in [2.75, 3.05) is 20.2 Å². The molecular weight excluding hydrogens is 228 g/mol. The summed E-state index contributed by atoms with van der Waals surface area (Å²) in [5, 5.41) is 0. The molecule has 1 amide bonds. The molecule has 1 saturated heterocycles. The van der Waals surface area contributed by atoms with Crippen LogP contribution in [-0.2, 0) is 4.74 Å². The highest BCUT2D eigenvalue weighted by molar-refractivity contribution is 5.94. The molecule has 1 aromatic heterocycles. The van der Waals surface area contributed by atoms with Crippen LogP contribution in [0, 0.1) is 11.8 Å². The molecule has 4 nitrogen and oxygen atoms in total. The molecular formula is C14H18N2O2. The summed E-state index contributed by atoms with van der Waals surface area (Å²) < 4.78 is 5.41. The molecule has 18 heavy (non-hydrogen) atoms. The third-order valence-electron chi connectivity index (χ3n) is 4.24. The first-order valence-corrected chi connectivity index (χ1v) is 6.50. The molecule has 96 valence electrons. The molecule has 3 atom stereocenters. The summed E-state index contributed by atoms with van der Waals surface area (Å²) in [6.07, 6.45) is 5.93. The van der Waals surface area contributed by atoms with Crippen molar-refractivity contribution in [2.24, 2.45) is 11.8 Å². The van der Waals surface area contributed by atoms with E-state index in [1.165, 1.54) is 0 Å². The first-order valence-electron chi connectivity index (χ1n) is 6.50. The van der Waals surface area contributed by atoms with Crippen molar-refractivity contribution >= 4 is 5.91 Å². The number of carbonyl (C=O) groups is 1. The lowest BCUT2D eigenvalue weighted by Gasteiger charge is -2.18. The second-order valence-electron chi connectivity index (χ2n) is 5.30. The minimum Gasteiger partial charge on any atom is -0.381 e. The summed E-state index contributed by atoms with van der Waals surface area (Å²) in [5.41, 5.74) is 0.695. The lowest BCUT2D eigenvalue weighted by atomic mass is 10.0. The zero-order valence-electron chi connectivity index (χ0n) is 10.6. The molecule has 2 aliphatic rings. The topological polar surface area (TPSA) is 42.4 Å².